The van der Waals surface area contributed by atoms with Crippen LogP contribution in [-0.2, 0) is 0 Å². The Hall–Kier alpha value is -2.80. The first-order valence-electron chi connectivity index (χ1n) is 8.15. The normalized spacial score (nSPS) is 18.2. The van der Waals surface area contributed by atoms with Gasteiger partial charge in [0.25, 0.3) is 11.6 Å². The molecule has 4 rings (SSSR count). The minimum atomic E-state index is -0.561. The minimum absolute atomic E-state index is 0.0221. The summed E-state index contributed by atoms with van der Waals surface area (Å²) in [6, 6.07) is 9.80. The molecule has 0 aromatic heterocycles. The third-order valence-corrected chi connectivity index (χ3v) is 4.96. The van der Waals surface area contributed by atoms with E-state index in [1.54, 1.807) is 4.90 Å². The topological polar surface area (TPSA) is 81.9 Å². The number of fused-ring (bicyclic) bond motifs is 1. The van der Waals surface area contributed by atoms with E-state index in [2.05, 4.69) is 0 Å². The number of hydrogen-bond donors (Lipinski definition) is 0. The Morgan fingerprint density at radius 3 is 2.81 bits per heavy atom. The minimum Gasteiger partial charge on any atom is -0.454 e. The predicted molar refractivity (Wildman–Crippen MR) is 93.9 cm³/mol. The van der Waals surface area contributed by atoms with Crippen molar-refractivity contribution >= 4 is 23.2 Å². The molecule has 0 radical (unpaired) electrons. The molecule has 0 saturated carbocycles. The zero-order valence-corrected chi connectivity index (χ0v) is 14.4. The Bertz CT molecular complexity index is 901. The van der Waals surface area contributed by atoms with Crippen molar-refractivity contribution in [1.82, 2.24) is 4.90 Å². The fourth-order valence-corrected chi connectivity index (χ4v) is 3.57. The molecule has 0 aliphatic carbocycles. The second-order valence-corrected chi connectivity index (χ2v) is 6.70. The lowest BCUT2D eigenvalue weighted by Crippen LogP contribution is -2.29. The fraction of sp³-hybridized carbons (Fsp3) is 0.278. The van der Waals surface area contributed by atoms with E-state index in [4.69, 9.17) is 21.1 Å². The van der Waals surface area contributed by atoms with E-state index < -0.39 is 4.92 Å². The Kier molecular flexibility index (Phi) is 4.16. The summed E-state index contributed by atoms with van der Waals surface area (Å²) in [5, 5.41) is 11.5. The highest BCUT2D eigenvalue weighted by Crippen LogP contribution is 2.37. The smallest absolute Gasteiger partial charge is 0.282 e. The van der Waals surface area contributed by atoms with Crippen LogP contribution in [0.25, 0.3) is 0 Å². The molecule has 1 unspecified atom stereocenters. The van der Waals surface area contributed by atoms with Crippen molar-refractivity contribution in [3.05, 3.63) is 62.7 Å². The van der Waals surface area contributed by atoms with Crippen molar-refractivity contribution in [2.75, 3.05) is 19.9 Å². The summed E-state index contributed by atoms with van der Waals surface area (Å²) in [7, 11) is 0. The van der Waals surface area contributed by atoms with Crippen LogP contribution >= 0.6 is 11.6 Å². The average molecular weight is 375 g/mol. The van der Waals surface area contributed by atoms with Crippen molar-refractivity contribution in [3.8, 4) is 11.5 Å². The van der Waals surface area contributed by atoms with Crippen LogP contribution in [0.3, 0.4) is 0 Å². The van der Waals surface area contributed by atoms with Crippen LogP contribution in [0.1, 0.15) is 28.3 Å². The molecule has 0 bridgehead atoms. The maximum absolute atomic E-state index is 12.8. The second-order valence-electron chi connectivity index (χ2n) is 6.27. The van der Waals surface area contributed by atoms with E-state index in [-0.39, 0.29) is 29.9 Å². The van der Waals surface area contributed by atoms with Gasteiger partial charge < -0.3 is 14.4 Å². The van der Waals surface area contributed by atoms with Crippen LogP contribution in [0, 0.1) is 10.1 Å². The van der Waals surface area contributed by atoms with E-state index in [1.165, 1.54) is 18.2 Å². The first kappa shape index (κ1) is 16.7. The van der Waals surface area contributed by atoms with Crippen molar-refractivity contribution in [2.24, 2.45) is 0 Å². The maximum Gasteiger partial charge on any atom is 0.282 e. The molecule has 2 aliphatic rings. The maximum atomic E-state index is 12.8. The molecule has 2 aromatic carbocycles. The lowest BCUT2D eigenvalue weighted by molar-refractivity contribution is -0.385. The second kappa shape index (κ2) is 6.49. The van der Waals surface area contributed by atoms with Crippen LogP contribution in [0.2, 0.25) is 5.02 Å². The van der Waals surface area contributed by atoms with Crippen LogP contribution < -0.4 is 9.47 Å². The molecular formula is C18H15ClN2O5. The van der Waals surface area contributed by atoms with Crippen LogP contribution in [0.15, 0.2) is 36.4 Å². The van der Waals surface area contributed by atoms with Gasteiger partial charge in [0.2, 0.25) is 6.79 Å². The highest BCUT2D eigenvalue weighted by Gasteiger charge is 2.32. The number of likely N-dealkylation sites (tertiary alicyclic amines) is 1. The van der Waals surface area contributed by atoms with Gasteiger partial charge in [0.15, 0.2) is 11.5 Å². The Labute approximate surface area is 154 Å². The number of rotatable bonds is 3. The number of carbonyl (C=O) groups excluding carboxylic acids is 1. The lowest BCUT2D eigenvalue weighted by atomic mass is 9.98. The van der Waals surface area contributed by atoms with E-state index in [0.29, 0.717) is 29.6 Å². The Morgan fingerprint density at radius 2 is 2.00 bits per heavy atom. The Morgan fingerprint density at radius 1 is 1.19 bits per heavy atom. The summed E-state index contributed by atoms with van der Waals surface area (Å²) < 4.78 is 10.7. The molecule has 8 heteroatoms. The lowest BCUT2D eigenvalue weighted by Gasteiger charge is -2.17. The average Bonchev–Trinajstić information content (AvgIpc) is 3.29. The Balaban J connectivity index is 1.55. The van der Waals surface area contributed by atoms with Crippen molar-refractivity contribution in [2.45, 2.75) is 12.3 Å². The third kappa shape index (κ3) is 2.94. The molecule has 2 aromatic rings. The van der Waals surface area contributed by atoms with Gasteiger partial charge in [0.1, 0.15) is 5.56 Å². The molecule has 0 N–H and O–H groups in total. The van der Waals surface area contributed by atoms with Gasteiger partial charge in [-0.1, -0.05) is 17.7 Å². The number of halogens is 1. The number of nitro benzene ring substituents is 1. The standard InChI is InChI=1S/C18H15ClN2O5/c19-13-2-3-15(21(23)24)14(8-13)18(22)20-6-5-12(9-20)11-1-4-16-17(7-11)26-10-25-16/h1-4,7-8,12H,5-6,9-10H2. The zero-order chi connectivity index (χ0) is 18.3. The number of hydrogen-bond acceptors (Lipinski definition) is 5. The van der Waals surface area contributed by atoms with Gasteiger partial charge in [0, 0.05) is 30.1 Å². The number of amides is 1. The van der Waals surface area contributed by atoms with Crippen molar-refractivity contribution < 1.29 is 19.2 Å². The molecule has 1 saturated heterocycles. The molecule has 1 atom stereocenters. The van der Waals surface area contributed by atoms with Gasteiger partial charge in [-0.25, -0.2) is 0 Å². The molecular weight excluding hydrogens is 360 g/mol. The zero-order valence-electron chi connectivity index (χ0n) is 13.7. The summed E-state index contributed by atoms with van der Waals surface area (Å²) in [6.45, 7) is 1.23. The van der Waals surface area contributed by atoms with Crippen LogP contribution in [0.4, 0.5) is 5.69 Å². The summed E-state index contributed by atoms with van der Waals surface area (Å²) in [5.74, 6) is 1.20. The molecule has 2 aliphatic heterocycles. The quantitative estimate of drug-likeness (QED) is 0.605. The van der Waals surface area contributed by atoms with E-state index in [0.717, 1.165) is 12.0 Å². The first-order chi connectivity index (χ1) is 12.5. The largest absolute Gasteiger partial charge is 0.454 e. The van der Waals surface area contributed by atoms with Crippen LogP contribution in [0.5, 0.6) is 11.5 Å². The van der Waals surface area contributed by atoms with E-state index in [1.807, 2.05) is 18.2 Å². The predicted octanol–water partition coefficient (Wildman–Crippen LogP) is 3.61. The van der Waals surface area contributed by atoms with Crippen molar-refractivity contribution in [3.63, 3.8) is 0 Å². The van der Waals surface area contributed by atoms with Gasteiger partial charge in [-0.05, 0) is 36.2 Å². The number of carbonyl (C=O) groups is 1. The molecule has 7 nitrogen and oxygen atoms in total. The summed E-state index contributed by atoms with van der Waals surface area (Å²) >= 11 is 5.93. The summed E-state index contributed by atoms with van der Waals surface area (Å²) in [4.78, 5) is 25.1. The number of nitro groups is 1. The third-order valence-electron chi connectivity index (χ3n) is 4.73. The highest BCUT2D eigenvalue weighted by molar-refractivity contribution is 6.31. The van der Waals surface area contributed by atoms with Gasteiger partial charge in [0.05, 0.1) is 4.92 Å². The molecule has 0 spiro atoms. The van der Waals surface area contributed by atoms with Crippen molar-refractivity contribution in [1.29, 1.82) is 0 Å². The summed E-state index contributed by atoms with van der Waals surface area (Å²) in [6.07, 6.45) is 0.778. The number of benzene rings is 2. The first-order valence-corrected chi connectivity index (χ1v) is 8.53. The fourth-order valence-electron chi connectivity index (χ4n) is 3.39. The van der Waals surface area contributed by atoms with E-state index >= 15 is 0 Å². The van der Waals surface area contributed by atoms with Gasteiger partial charge in [-0.15, -0.1) is 0 Å². The number of nitrogens with zero attached hydrogens (tertiary/aromatic N) is 2. The molecule has 134 valence electrons. The summed E-state index contributed by atoms with van der Waals surface area (Å²) in [5.41, 5.74) is 0.852. The number of ether oxygens (including phenoxy) is 2. The molecule has 1 fully saturated rings. The highest BCUT2D eigenvalue weighted by atomic mass is 35.5. The van der Waals surface area contributed by atoms with Gasteiger partial charge >= 0.3 is 0 Å². The molecule has 26 heavy (non-hydrogen) atoms. The van der Waals surface area contributed by atoms with Gasteiger partial charge in [-0.3, -0.25) is 14.9 Å². The SMILES string of the molecule is O=C(c1cc(Cl)ccc1[N+](=O)[O-])N1CCC(c2ccc3c(c2)OCO3)C1. The van der Waals surface area contributed by atoms with Gasteiger partial charge in [-0.2, -0.15) is 0 Å². The molecule has 2 heterocycles. The monoisotopic (exact) mass is 374 g/mol. The molecule has 1 amide bonds. The van der Waals surface area contributed by atoms with Crippen LogP contribution in [-0.4, -0.2) is 35.6 Å². The van der Waals surface area contributed by atoms with E-state index in [9.17, 15) is 14.9 Å².